The molecule has 4 saturated carbocycles. The van der Waals surface area contributed by atoms with Gasteiger partial charge in [-0.1, -0.05) is 6.92 Å². The predicted octanol–water partition coefficient (Wildman–Crippen LogP) is 3.37. The van der Waals surface area contributed by atoms with Gasteiger partial charge in [0.1, 0.15) is 22.9 Å². The molecule has 4 bridgehead atoms. The molecule has 1 spiro atoms. The first-order chi connectivity index (χ1) is 12.2. The molecule has 26 heavy (non-hydrogen) atoms. The maximum Gasteiger partial charge on any atom is 0.315 e. The van der Waals surface area contributed by atoms with Gasteiger partial charge in [0.05, 0.1) is 13.0 Å². The fourth-order valence-corrected chi connectivity index (χ4v) is 8.09. The van der Waals surface area contributed by atoms with Gasteiger partial charge in [0, 0.05) is 11.8 Å². The van der Waals surface area contributed by atoms with Crippen molar-refractivity contribution in [2.45, 2.75) is 69.8 Å². The minimum Gasteiger partial charge on any atom is -0.469 e. The fourth-order valence-electron chi connectivity index (χ4n) is 8.09. The summed E-state index contributed by atoms with van der Waals surface area (Å²) >= 11 is 0. The van der Waals surface area contributed by atoms with Crippen LogP contribution in [0.1, 0.15) is 52.4 Å². The minimum atomic E-state index is -1.34. The number of carbonyl (C=O) groups is 2. The Balaban J connectivity index is 1.74. The van der Waals surface area contributed by atoms with E-state index in [0.717, 1.165) is 0 Å². The van der Waals surface area contributed by atoms with Crippen LogP contribution in [0.25, 0.3) is 0 Å². The summed E-state index contributed by atoms with van der Waals surface area (Å²) in [6.07, 6.45) is 1.24. The molecule has 0 N–H and O–H groups in total. The number of alkyl halides is 2. The number of methoxy groups -OCH3 is 1. The summed E-state index contributed by atoms with van der Waals surface area (Å²) in [5, 5.41) is 0. The van der Waals surface area contributed by atoms with Crippen LogP contribution in [0.5, 0.6) is 0 Å². The van der Waals surface area contributed by atoms with Gasteiger partial charge >= 0.3 is 11.9 Å². The first-order valence-electron chi connectivity index (χ1n) is 9.80. The first-order valence-corrected chi connectivity index (χ1v) is 9.80. The molecule has 6 heteroatoms. The SMILES string of the molecule is COC(=O)[C@H]1C2[C@@]3(CC[C@@H](F)[C@@]2(C)C(=O)O3)C2CC[C@]3(F)C[C@@]21C[C@@H]3C. The summed E-state index contributed by atoms with van der Waals surface area (Å²) in [7, 11) is 1.32. The van der Waals surface area contributed by atoms with Gasteiger partial charge in [-0.2, -0.15) is 0 Å². The van der Waals surface area contributed by atoms with E-state index in [1.54, 1.807) is 6.92 Å². The Hall–Kier alpha value is -1.20. The van der Waals surface area contributed by atoms with Crippen molar-refractivity contribution < 1.29 is 27.8 Å². The van der Waals surface area contributed by atoms with Crippen LogP contribution >= 0.6 is 0 Å². The Morgan fingerprint density at radius 1 is 1.31 bits per heavy atom. The standard InChI is InChI=1S/C20H26F2O4/c1-10-8-18-9-19(10,22)6-4-11(18)20-7-5-12(21)17(2,16(24)26-20)14(20)13(18)15(23)25-3/h10-14H,4-9H2,1-3H3/t10-,11?,12+,13+,14?,17+,18-,19-,20+/m0/s1. The number of rotatable bonds is 1. The summed E-state index contributed by atoms with van der Waals surface area (Å²) in [6, 6.07) is 0. The molecule has 0 aromatic rings. The molecule has 5 aliphatic rings. The molecule has 1 aliphatic heterocycles. The van der Waals surface area contributed by atoms with Crippen LogP contribution in [-0.2, 0) is 19.1 Å². The van der Waals surface area contributed by atoms with Gasteiger partial charge in [-0.15, -0.1) is 0 Å². The average molecular weight is 368 g/mol. The molecular weight excluding hydrogens is 342 g/mol. The topological polar surface area (TPSA) is 52.6 Å². The van der Waals surface area contributed by atoms with E-state index in [2.05, 4.69) is 0 Å². The molecular formula is C20H26F2O4. The van der Waals surface area contributed by atoms with E-state index in [0.29, 0.717) is 32.1 Å². The molecule has 5 rings (SSSR count). The number of esters is 2. The van der Waals surface area contributed by atoms with Crippen molar-refractivity contribution in [2.75, 3.05) is 7.11 Å². The lowest BCUT2D eigenvalue weighted by Crippen LogP contribution is -2.52. The van der Waals surface area contributed by atoms with Gasteiger partial charge in [0.15, 0.2) is 0 Å². The maximum absolute atomic E-state index is 15.5. The van der Waals surface area contributed by atoms with Crippen LogP contribution in [0.4, 0.5) is 8.78 Å². The van der Waals surface area contributed by atoms with Gasteiger partial charge in [-0.25, -0.2) is 8.78 Å². The molecule has 0 amide bonds. The van der Waals surface area contributed by atoms with Crippen molar-refractivity contribution in [3.8, 4) is 0 Å². The normalized spacial score (nSPS) is 59.6. The van der Waals surface area contributed by atoms with Gasteiger partial charge in [-0.3, -0.25) is 9.59 Å². The second-order valence-electron chi connectivity index (χ2n) is 9.75. The Bertz CT molecular complexity index is 712. The van der Waals surface area contributed by atoms with Crippen LogP contribution in [0.3, 0.4) is 0 Å². The van der Waals surface area contributed by atoms with Gasteiger partial charge in [0.25, 0.3) is 0 Å². The Kier molecular flexibility index (Phi) is 3.00. The molecule has 4 aliphatic carbocycles. The van der Waals surface area contributed by atoms with Crippen LogP contribution in [0, 0.1) is 34.5 Å². The van der Waals surface area contributed by atoms with Crippen molar-refractivity contribution >= 4 is 11.9 Å². The Labute approximate surface area is 152 Å². The third-order valence-corrected chi connectivity index (χ3v) is 9.07. The molecule has 0 aromatic carbocycles. The summed E-state index contributed by atoms with van der Waals surface area (Å²) in [5.74, 6) is -2.43. The van der Waals surface area contributed by atoms with Gasteiger partial charge in [0.2, 0.25) is 0 Å². The van der Waals surface area contributed by atoms with Crippen LogP contribution in [0.2, 0.25) is 0 Å². The van der Waals surface area contributed by atoms with E-state index in [-0.39, 0.29) is 18.3 Å². The van der Waals surface area contributed by atoms with Crippen LogP contribution in [-0.4, -0.2) is 36.5 Å². The Morgan fingerprint density at radius 2 is 2.04 bits per heavy atom. The molecule has 1 heterocycles. The van der Waals surface area contributed by atoms with E-state index >= 15 is 8.78 Å². The summed E-state index contributed by atoms with van der Waals surface area (Å²) < 4.78 is 41.7. The highest BCUT2D eigenvalue weighted by atomic mass is 19.1. The van der Waals surface area contributed by atoms with Crippen molar-refractivity contribution in [2.24, 2.45) is 34.5 Å². The average Bonchev–Trinajstić information content (AvgIpc) is 3.02. The number of hydrogen-bond acceptors (Lipinski definition) is 4. The maximum atomic E-state index is 15.5. The summed E-state index contributed by atoms with van der Waals surface area (Å²) in [6.45, 7) is 3.52. The lowest BCUT2D eigenvalue weighted by molar-refractivity contribution is -0.163. The van der Waals surface area contributed by atoms with Crippen LogP contribution in [0.15, 0.2) is 0 Å². The van der Waals surface area contributed by atoms with E-state index in [9.17, 15) is 9.59 Å². The van der Waals surface area contributed by atoms with Gasteiger partial charge in [-0.05, 0) is 56.8 Å². The lowest BCUT2D eigenvalue weighted by atomic mass is 9.59. The molecule has 5 fully saturated rings. The predicted molar refractivity (Wildman–Crippen MR) is 87.5 cm³/mol. The second kappa shape index (κ2) is 4.61. The number of halogens is 2. The molecule has 4 nitrogen and oxygen atoms in total. The number of ether oxygens (including phenoxy) is 2. The number of hydrogen-bond donors (Lipinski definition) is 0. The van der Waals surface area contributed by atoms with Crippen molar-refractivity contribution in [1.82, 2.24) is 0 Å². The fraction of sp³-hybridized carbons (Fsp3) is 0.900. The zero-order valence-electron chi connectivity index (χ0n) is 15.5. The quantitative estimate of drug-likeness (QED) is 0.666. The Morgan fingerprint density at radius 3 is 2.73 bits per heavy atom. The molecule has 0 radical (unpaired) electrons. The van der Waals surface area contributed by atoms with Gasteiger partial charge < -0.3 is 9.47 Å². The summed E-state index contributed by atoms with van der Waals surface area (Å²) in [4.78, 5) is 25.7. The van der Waals surface area contributed by atoms with Crippen LogP contribution < -0.4 is 0 Å². The van der Waals surface area contributed by atoms with E-state index in [4.69, 9.17) is 9.47 Å². The lowest BCUT2D eigenvalue weighted by Gasteiger charge is -2.45. The molecule has 9 atom stereocenters. The molecule has 2 unspecified atom stereocenters. The third kappa shape index (κ3) is 1.51. The smallest absolute Gasteiger partial charge is 0.315 e. The highest BCUT2D eigenvalue weighted by molar-refractivity contribution is 5.85. The van der Waals surface area contributed by atoms with Crippen molar-refractivity contribution in [3.63, 3.8) is 0 Å². The molecule has 1 saturated heterocycles. The van der Waals surface area contributed by atoms with Crippen molar-refractivity contribution in [1.29, 1.82) is 0 Å². The van der Waals surface area contributed by atoms with E-state index in [1.807, 2.05) is 6.92 Å². The highest BCUT2D eigenvalue weighted by Gasteiger charge is 2.85. The number of carbonyl (C=O) groups excluding carboxylic acids is 2. The van der Waals surface area contributed by atoms with E-state index < -0.39 is 52.0 Å². The summed E-state index contributed by atoms with van der Waals surface area (Å²) in [5.41, 5.74) is -4.05. The third-order valence-electron chi connectivity index (χ3n) is 9.07. The second-order valence-corrected chi connectivity index (χ2v) is 9.75. The van der Waals surface area contributed by atoms with E-state index in [1.165, 1.54) is 7.11 Å². The van der Waals surface area contributed by atoms with Crippen molar-refractivity contribution in [3.05, 3.63) is 0 Å². The highest BCUT2D eigenvalue weighted by Crippen LogP contribution is 2.79. The largest absolute Gasteiger partial charge is 0.469 e. The zero-order chi connectivity index (χ0) is 18.7. The zero-order valence-corrected chi connectivity index (χ0v) is 15.5. The molecule has 144 valence electrons. The monoisotopic (exact) mass is 368 g/mol. The first kappa shape index (κ1) is 16.9. The minimum absolute atomic E-state index is 0.0869. The molecule has 0 aromatic heterocycles. The number of fused-ring (bicyclic) bond motifs is 1.